The number of aromatic nitrogens is 2. The smallest absolute Gasteiger partial charge is 0.261 e. The zero-order chi connectivity index (χ0) is 14.1. The first-order valence-corrected chi connectivity index (χ1v) is 9.15. The summed E-state index contributed by atoms with van der Waals surface area (Å²) in [5.41, 5.74) is 1.85. The maximum Gasteiger partial charge on any atom is 0.261 e. The first-order valence-electron chi connectivity index (χ1n) is 6.95. The van der Waals surface area contributed by atoms with Crippen LogP contribution in [0.2, 0.25) is 0 Å². The summed E-state index contributed by atoms with van der Waals surface area (Å²) in [5, 5.41) is 7.82. The molecular formula is C14H15N3O2S2. The molecule has 0 radical (unpaired) electrons. The van der Waals surface area contributed by atoms with Crippen molar-refractivity contribution in [2.24, 2.45) is 0 Å². The van der Waals surface area contributed by atoms with Crippen LogP contribution in [-0.2, 0) is 0 Å². The Bertz CT molecular complexity index is 641. The van der Waals surface area contributed by atoms with Crippen molar-refractivity contribution < 1.29 is 9.26 Å². The van der Waals surface area contributed by atoms with E-state index in [1.54, 1.807) is 0 Å². The minimum absolute atomic E-state index is 0.333. The molecule has 21 heavy (non-hydrogen) atoms. The Kier molecular flexibility index (Phi) is 3.69. The number of nitrogens with one attached hydrogen (secondary N) is 1. The monoisotopic (exact) mass is 321 g/mol. The van der Waals surface area contributed by atoms with Crippen LogP contribution in [0, 0.1) is 0 Å². The van der Waals surface area contributed by atoms with E-state index in [1.165, 1.54) is 5.75 Å². The summed E-state index contributed by atoms with van der Waals surface area (Å²) in [4.78, 5) is 4.59. The van der Waals surface area contributed by atoms with Crippen LogP contribution in [0.15, 0.2) is 22.7 Å². The Labute approximate surface area is 131 Å². The predicted molar refractivity (Wildman–Crippen MR) is 86.2 cm³/mol. The van der Waals surface area contributed by atoms with Crippen molar-refractivity contribution >= 4 is 29.2 Å². The third-order valence-corrected chi connectivity index (χ3v) is 6.21. The van der Waals surface area contributed by atoms with Gasteiger partial charge in [0.25, 0.3) is 5.89 Å². The van der Waals surface area contributed by atoms with Crippen LogP contribution in [0.1, 0.15) is 11.1 Å². The van der Waals surface area contributed by atoms with Gasteiger partial charge in [0.2, 0.25) is 0 Å². The van der Waals surface area contributed by atoms with Gasteiger partial charge in [0, 0.05) is 23.8 Å². The molecule has 1 N–H and O–H groups in total. The molecule has 1 fully saturated rings. The number of para-hydroxylation sites is 1. The number of hydrogen-bond acceptors (Lipinski definition) is 7. The average molecular weight is 321 g/mol. The van der Waals surface area contributed by atoms with Crippen LogP contribution in [0.3, 0.4) is 0 Å². The predicted octanol–water partition coefficient (Wildman–Crippen LogP) is 3.06. The zero-order valence-electron chi connectivity index (χ0n) is 11.4. The molecule has 3 heterocycles. The van der Waals surface area contributed by atoms with Gasteiger partial charge in [0.1, 0.15) is 6.61 Å². The molecule has 0 bridgehead atoms. The quantitative estimate of drug-likeness (QED) is 0.912. The van der Waals surface area contributed by atoms with Gasteiger partial charge in [-0.05, 0) is 12.1 Å². The number of nitrogens with zero attached hydrogens (tertiary/aromatic N) is 2. The molecule has 2 aromatic rings. The van der Waals surface area contributed by atoms with Gasteiger partial charge in [-0.15, -0.1) is 11.8 Å². The van der Waals surface area contributed by atoms with Gasteiger partial charge >= 0.3 is 0 Å². The summed E-state index contributed by atoms with van der Waals surface area (Å²) < 4.78 is 11.2. The van der Waals surface area contributed by atoms with Gasteiger partial charge in [-0.25, -0.2) is 0 Å². The molecule has 0 spiro atoms. The number of thioether (sulfide) groups is 2. The largest absolute Gasteiger partial charge is 0.489 e. The van der Waals surface area contributed by atoms with E-state index in [2.05, 4.69) is 15.5 Å². The SMILES string of the molecule is c1cc2c(c(-c3nc(C4CSCCS4)no3)c1)OCCN2. The molecule has 4 rings (SSSR count). The maximum absolute atomic E-state index is 5.76. The number of anilines is 1. The molecule has 1 aromatic heterocycles. The van der Waals surface area contributed by atoms with Crippen LogP contribution < -0.4 is 10.1 Å². The van der Waals surface area contributed by atoms with E-state index < -0.39 is 0 Å². The number of hydrogen-bond donors (Lipinski definition) is 1. The van der Waals surface area contributed by atoms with Crippen LogP contribution in [0.25, 0.3) is 11.5 Å². The summed E-state index contributed by atoms with van der Waals surface area (Å²) in [6.45, 7) is 1.47. The second-order valence-corrected chi connectivity index (χ2v) is 7.31. The third kappa shape index (κ3) is 2.60. The lowest BCUT2D eigenvalue weighted by Crippen LogP contribution is -2.18. The lowest BCUT2D eigenvalue weighted by Gasteiger charge is -2.20. The maximum atomic E-state index is 5.76. The Hall–Kier alpha value is -1.34. The van der Waals surface area contributed by atoms with E-state index in [-0.39, 0.29) is 0 Å². The summed E-state index contributed by atoms with van der Waals surface area (Å²) in [5.74, 6) is 5.55. The van der Waals surface area contributed by atoms with E-state index in [9.17, 15) is 0 Å². The van der Waals surface area contributed by atoms with Crippen LogP contribution >= 0.6 is 23.5 Å². The molecule has 0 amide bonds. The third-order valence-electron chi connectivity index (χ3n) is 3.46. The molecule has 2 aliphatic heterocycles. The van der Waals surface area contributed by atoms with Gasteiger partial charge in [0.05, 0.1) is 16.5 Å². The fraction of sp³-hybridized carbons (Fsp3) is 0.429. The van der Waals surface area contributed by atoms with Crippen molar-refractivity contribution in [3.8, 4) is 17.2 Å². The van der Waals surface area contributed by atoms with Crippen LogP contribution in [0.5, 0.6) is 5.75 Å². The van der Waals surface area contributed by atoms with E-state index in [1.807, 2.05) is 41.7 Å². The summed E-state index contributed by atoms with van der Waals surface area (Å²) in [7, 11) is 0. The van der Waals surface area contributed by atoms with Crippen molar-refractivity contribution in [1.29, 1.82) is 0 Å². The number of rotatable bonds is 2. The van der Waals surface area contributed by atoms with Crippen molar-refractivity contribution in [1.82, 2.24) is 10.1 Å². The number of ether oxygens (including phenoxy) is 1. The minimum Gasteiger partial charge on any atom is -0.489 e. The second-order valence-electron chi connectivity index (χ2n) is 4.85. The molecule has 1 unspecified atom stereocenters. The second kappa shape index (κ2) is 5.81. The van der Waals surface area contributed by atoms with Gasteiger partial charge in [0.15, 0.2) is 11.6 Å². The van der Waals surface area contributed by atoms with Gasteiger partial charge in [-0.2, -0.15) is 16.7 Å². The molecule has 1 saturated heterocycles. The average Bonchev–Trinajstić information content (AvgIpc) is 3.05. The first kappa shape index (κ1) is 13.3. The molecule has 1 atom stereocenters. The fourth-order valence-corrected chi connectivity index (χ4v) is 5.04. The fourth-order valence-electron chi connectivity index (χ4n) is 2.45. The highest BCUT2D eigenvalue weighted by Crippen LogP contribution is 2.39. The Morgan fingerprint density at radius 2 is 2.29 bits per heavy atom. The van der Waals surface area contributed by atoms with Gasteiger partial charge < -0.3 is 14.6 Å². The Morgan fingerprint density at radius 1 is 1.29 bits per heavy atom. The van der Waals surface area contributed by atoms with Crippen LogP contribution in [-0.4, -0.2) is 40.6 Å². The van der Waals surface area contributed by atoms with E-state index in [4.69, 9.17) is 9.26 Å². The van der Waals surface area contributed by atoms with Crippen molar-refractivity contribution in [3.63, 3.8) is 0 Å². The standard InChI is InChI=1S/C14H15N3O2S2/c1-2-9(12-10(3-1)15-4-5-18-12)14-16-13(17-19-14)11-8-20-6-7-21-11/h1-3,11,15H,4-8H2. The number of fused-ring (bicyclic) bond motifs is 1. The molecule has 0 saturated carbocycles. The normalized spacial score (nSPS) is 21.2. The van der Waals surface area contributed by atoms with Gasteiger partial charge in [-0.1, -0.05) is 11.2 Å². The molecule has 2 aliphatic rings. The molecule has 110 valence electrons. The highest BCUT2D eigenvalue weighted by molar-refractivity contribution is 8.06. The van der Waals surface area contributed by atoms with E-state index in [0.717, 1.165) is 40.9 Å². The van der Waals surface area contributed by atoms with Crippen LogP contribution in [0.4, 0.5) is 5.69 Å². The lowest BCUT2D eigenvalue weighted by atomic mass is 10.1. The number of benzene rings is 1. The Morgan fingerprint density at radius 3 is 3.19 bits per heavy atom. The summed E-state index contributed by atoms with van der Waals surface area (Å²) in [6, 6.07) is 5.94. The van der Waals surface area contributed by atoms with Crippen molar-refractivity contribution in [3.05, 3.63) is 24.0 Å². The molecule has 5 nitrogen and oxygen atoms in total. The highest BCUT2D eigenvalue weighted by Gasteiger charge is 2.24. The highest BCUT2D eigenvalue weighted by atomic mass is 32.2. The van der Waals surface area contributed by atoms with E-state index in [0.29, 0.717) is 17.7 Å². The summed E-state index contributed by atoms with van der Waals surface area (Å²) in [6.07, 6.45) is 0. The van der Waals surface area contributed by atoms with Crippen molar-refractivity contribution in [2.45, 2.75) is 5.25 Å². The van der Waals surface area contributed by atoms with E-state index >= 15 is 0 Å². The molecule has 7 heteroatoms. The Balaban J connectivity index is 1.66. The molecular weight excluding hydrogens is 306 g/mol. The summed E-state index contributed by atoms with van der Waals surface area (Å²) >= 11 is 3.85. The van der Waals surface area contributed by atoms with Gasteiger partial charge in [-0.3, -0.25) is 0 Å². The zero-order valence-corrected chi connectivity index (χ0v) is 13.0. The first-order chi connectivity index (χ1) is 10.4. The van der Waals surface area contributed by atoms with Crippen molar-refractivity contribution in [2.75, 3.05) is 35.7 Å². The topological polar surface area (TPSA) is 60.2 Å². The molecule has 1 aromatic carbocycles. The molecule has 0 aliphatic carbocycles. The minimum atomic E-state index is 0.333. The lowest BCUT2D eigenvalue weighted by molar-refractivity contribution is 0.322.